The number of aromatic nitrogens is 2. The van der Waals surface area contributed by atoms with Crippen LogP contribution in [0.1, 0.15) is 65.3 Å². The lowest BCUT2D eigenvalue weighted by atomic mass is 9.76. The maximum Gasteiger partial charge on any atom is 0.130 e. The third-order valence-electron chi connectivity index (χ3n) is 9.09. The normalized spacial score (nSPS) is 21.4. The Morgan fingerprint density at radius 2 is 1.34 bits per heavy atom. The van der Waals surface area contributed by atoms with E-state index in [1.165, 1.54) is 17.5 Å². The van der Waals surface area contributed by atoms with Crippen molar-refractivity contribution in [3.05, 3.63) is 161 Å². The van der Waals surface area contributed by atoms with Crippen molar-refractivity contribution in [3.63, 3.8) is 0 Å². The quantitative estimate of drug-likeness (QED) is 0.256. The third-order valence-corrected chi connectivity index (χ3v) is 9.09. The molecule has 4 aromatic carbocycles. The number of fused-ring (bicyclic) bond motifs is 3. The molecule has 0 saturated heterocycles. The lowest BCUT2D eigenvalue weighted by molar-refractivity contribution is 0.0965. The number of rotatable bonds is 6. The number of imidazole rings is 1. The molecule has 1 heterocycles. The summed E-state index contributed by atoms with van der Waals surface area (Å²) in [4.78, 5) is 4.89. The SMILES string of the molecule is CC(O)(c1cn(C(c2ccccc2)(c2ccccc2)c2ccccc2)cn1)c1cccc2c1CC1(C)CC21. The van der Waals surface area contributed by atoms with Gasteiger partial charge in [-0.05, 0) is 64.5 Å². The van der Waals surface area contributed by atoms with Gasteiger partial charge in [0.15, 0.2) is 0 Å². The third kappa shape index (κ3) is 3.28. The van der Waals surface area contributed by atoms with Crippen molar-refractivity contribution in [2.45, 2.75) is 43.7 Å². The molecular formula is C35H32N2O. The zero-order chi connectivity index (χ0) is 26.0. The molecule has 2 aliphatic rings. The first-order valence-corrected chi connectivity index (χ1v) is 13.5. The lowest BCUT2D eigenvalue weighted by Gasteiger charge is -2.37. The highest BCUT2D eigenvalue weighted by Crippen LogP contribution is 2.67. The van der Waals surface area contributed by atoms with E-state index in [-0.39, 0.29) is 0 Å². The molecule has 3 unspecified atom stereocenters. The van der Waals surface area contributed by atoms with Gasteiger partial charge in [0.1, 0.15) is 11.1 Å². The summed E-state index contributed by atoms with van der Waals surface area (Å²) in [5, 5.41) is 12.1. The minimum absolute atomic E-state index is 0.358. The van der Waals surface area contributed by atoms with Crippen molar-refractivity contribution in [2.24, 2.45) is 5.41 Å². The van der Waals surface area contributed by atoms with Crippen molar-refractivity contribution >= 4 is 0 Å². The van der Waals surface area contributed by atoms with Crippen LogP contribution >= 0.6 is 0 Å². The van der Waals surface area contributed by atoms with E-state index >= 15 is 0 Å². The molecule has 3 atom stereocenters. The van der Waals surface area contributed by atoms with Crippen molar-refractivity contribution in [1.29, 1.82) is 0 Å². The first-order valence-electron chi connectivity index (χ1n) is 13.5. The standard InChI is InChI=1S/C35H32N2O/c1-33-21-29-28(31(33)22-33)19-12-20-30(29)34(2,38)32-23-37(24-36-32)35(25-13-6-3-7-14-25,26-15-8-4-9-16-26)27-17-10-5-11-18-27/h3-20,23-24,31,38H,21-22H2,1-2H3. The summed E-state index contributed by atoms with van der Waals surface area (Å²) < 4.78 is 2.18. The molecule has 5 aromatic rings. The second-order valence-electron chi connectivity index (χ2n) is 11.5. The molecule has 1 N–H and O–H groups in total. The van der Waals surface area contributed by atoms with Crippen LogP contribution in [0.4, 0.5) is 0 Å². The number of aliphatic hydroxyl groups is 1. The summed E-state index contributed by atoms with van der Waals surface area (Å²) >= 11 is 0. The van der Waals surface area contributed by atoms with Gasteiger partial charge in [-0.1, -0.05) is 116 Å². The van der Waals surface area contributed by atoms with Crippen LogP contribution < -0.4 is 0 Å². The van der Waals surface area contributed by atoms with Gasteiger partial charge in [0, 0.05) is 6.20 Å². The van der Waals surface area contributed by atoms with E-state index in [4.69, 9.17) is 4.98 Å². The predicted octanol–water partition coefficient (Wildman–Crippen LogP) is 7.03. The summed E-state index contributed by atoms with van der Waals surface area (Å²) in [5.41, 5.74) is 6.26. The van der Waals surface area contributed by atoms with E-state index in [9.17, 15) is 5.11 Å². The van der Waals surface area contributed by atoms with Gasteiger partial charge in [0.05, 0.1) is 12.0 Å². The highest BCUT2D eigenvalue weighted by Gasteiger charge is 2.57. The Kier molecular flexibility index (Phi) is 5.05. The average Bonchev–Trinajstić information content (AvgIpc) is 3.26. The molecule has 0 amide bonds. The van der Waals surface area contributed by atoms with Gasteiger partial charge >= 0.3 is 0 Å². The number of hydrogen-bond donors (Lipinski definition) is 1. The van der Waals surface area contributed by atoms with Crippen LogP contribution in [-0.2, 0) is 17.6 Å². The Bertz CT molecular complexity index is 1510. The summed E-state index contributed by atoms with van der Waals surface area (Å²) in [5.74, 6) is 0.632. The second-order valence-corrected chi connectivity index (χ2v) is 11.5. The molecule has 3 nitrogen and oxygen atoms in total. The van der Waals surface area contributed by atoms with Gasteiger partial charge in [0.25, 0.3) is 0 Å². The monoisotopic (exact) mass is 496 g/mol. The predicted molar refractivity (Wildman–Crippen MR) is 151 cm³/mol. The highest BCUT2D eigenvalue weighted by molar-refractivity contribution is 5.53. The lowest BCUT2D eigenvalue weighted by Crippen LogP contribution is -2.37. The fourth-order valence-corrected chi connectivity index (χ4v) is 6.96. The van der Waals surface area contributed by atoms with Gasteiger partial charge in [0.2, 0.25) is 0 Å². The van der Waals surface area contributed by atoms with Crippen LogP contribution in [0, 0.1) is 5.41 Å². The van der Waals surface area contributed by atoms with Gasteiger partial charge in [-0.3, -0.25) is 0 Å². The fourth-order valence-electron chi connectivity index (χ4n) is 6.96. The molecule has 0 aliphatic heterocycles. The van der Waals surface area contributed by atoms with Gasteiger partial charge in [-0.2, -0.15) is 0 Å². The molecule has 188 valence electrons. The number of nitrogens with zero attached hydrogens (tertiary/aromatic N) is 2. The van der Waals surface area contributed by atoms with Gasteiger partial charge in [-0.25, -0.2) is 4.98 Å². The first-order chi connectivity index (χ1) is 18.4. The van der Waals surface area contributed by atoms with Crippen molar-refractivity contribution < 1.29 is 5.11 Å². The van der Waals surface area contributed by atoms with Crippen LogP contribution in [0.25, 0.3) is 0 Å². The molecule has 1 saturated carbocycles. The van der Waals surface area contributed by atoms with E-state index in [0.717, 1.165) is 28.7 Å². The average molecular weight is 497 g/mol. The van der Waals surface area contributed by atoms with Crippen LogP contribution in [-0.4, -0.2) is 14.7 Å². The minimum Gasteiger partial charge on any atom is -0.379 e. The first kappa shape index (κ1) is 23.2. The molecule has 2 aliphatic carbocycles. The van der Waals surface area contributed by atoms with Gasteiger partial charge < -0.3 is 9.67 Å². The van der Waals surface area contributed by atoms with E-state index in [1.807, 2.05) is 19.4 Å². The zero-order valence-corrected chi connectivity index (χ0v) is 21.9. The molecule has 7 rings (SSSR count). The van der Waals surface area contributed by atoms with E-state index in [2.05, 4.69) is 121 Å². The Morgan fingerprint density at radius 1 is 0.789 bits per heavy atom. The highest BCUT2D eigenvalue weighted by atomic mass is 16.3. The summed E-state index contributed by atoms with van der Waals surface area (Å²) in [6, 6.07) is 38.2. The Balaban J connectivity index is 1.43. The summed E-state index contributed by atoms with van der Waals surface area (Å²) in [6.07, 6.45) is 6.22. The molecule has 0 spiro atoms. The molecular weight excluding hydrogens is 464 g/mol. The van der Waals surface area contributed by atoms with Crippen LogP contribution in [0.2, 0.25) is 0 Å². The Morgan fingerprint density at radius 3 is 1.89 bits per heavy atom. The molecule has 3 heteroatoms. The van der Waals surface area contributed by atoms with Crippen LogP contribution in [0.5, 0.6) is 0 Å². The molecule has 1 aromatic heterocycles. The molecule has 1 fully saturated rings. The minimum atomic E-state index is -1.21. The second kappa shape index (κ2) is 8.28. The molecule has 38 heavy (non-hydrogen) atoms. The summed E-state index contributed by atoms with van der Waals surface area (Å²) in [6.45, 7) is 4.27. The molecule has 0 bridgehead atoms. The molecule has 0 radical (unpaired) electrons. The van der Waals surface area contributed by atoms with Crippen molar-refractivity contribution in [3.8, 4) is 0 Å². The maximum absolute atomic E-state index is 12.1. The summed E-state index contributed by atoms with van der Waals surface area (Å²) in [7, 11) is 0. The van der Waals surface area contributed by atoms with Crippen LogP contribution in [0.3, 0.4) is 0 Å². The number of benzene rings is 4. The Labute approximate surface area is 224 Å². The van der Waals surface area contributed by atoms with Crippen LogP contribution in [0.15, 0.2) is 122 Å². The largest absolute Gasteiger partial charge is 0.379 e. The maximum atomic E-state index is 12.1. The number of hydrogen-bond acceptors (Lipinski definition) is 2. The van der Waals surface area contributed by atoms with Gasteiger partial charge in [-0.15, -0.1) is 0 Å². The Hall–Kier alpha value is -3.95. The smallest absolute Gasteiger partial charge is 0.130 e. The fraction of sp³-hybridized carbons (Fsp3) is 0.229. The topological polar surface area (TPSA) is 38.0 Å². The van der Waals surface area contributed by atoms with Crippen molar-refractivity contribution in [2.75, 3.05) is 0 Å². The zero-order valence-electron chi connectivity index (χ0n) is 21.9. The van der Waals surface area contributed by atoms with E-state index < -0.39 is 11.1 Å². The van der Waals surface area contributed by atoms with E-state index in [1.54, 1.807) is 0 Å². The van der Waals surface area contributed by atoms with E-state index in [0.29, 0.717) is 17.0 Å². The van der Waals surface area contributed by atoms with Crippen molar-refractivity contribution in [1.82, 2.24) is 9.55 Å².